The summed E-state index contributed by atoms with van der Waals surface area (Å²) in [4.78, 5) is 10.8. The van der Waals surface area contributed by atoms with Gasteiger partial charge in [0.15, 0.2) is 5.60 Å². The fraction of sp³-hybridized carbons (Fsp3) is 0.526. The highest BCUT2D eigenvalue weighted by Gasteiger charge is 2.27. The molecule has 0 radical (unpaired) electrons. The highest BCUT2D eigenvalue weighted by molar-refractivity contribution is 5.76. The largest absolute Gasteiger partial charge is 0.479 e. The average molecular weight is 306 g/mol. The summed E-state index contributed by atoms with van der Waals surface area (Å²) >= 11 is 0. The maximum atomic E-state index is 10.8. The molecule has 0 fully saturated rings. The number of allylic oxidation sites excluding steroid dienone is 7. The van der Waals surface area contributed by atoms with Crippen molar-refractivity contribution in [1.82, 2.24) is 0 Å². The SMILES string of the molecule is CC/C=C\C/C=C\C/C=C\C/C=C\CCOC(C)(C)C(=O)O. The molecule has 3 nitrogen and oxygen atoms in total. The molecule has 22 heavy (non-hydrogen) atoms. The van der Waals surface area contributed by atoms with Crippen molar-refractivity contribution in [2.24, 2.45) is 0 Å². The zero-order valence-electron chi connectivity index (χ0n) is 14.1. The third kappa shape index (κ3) is 12.2. The molecule has 0 unspecified atom stereocenters. The third-order valence-electron chi connectivity index (χ3n) is 2.98. The Labute approximate surface area is 135 Å². The van der Waals surface area contributed by atoms with Crippen molar-refractivity contribution in [1.29, 1.82) is 0 Å². The Bertz CT molecular complexity index is 401. The van der Waals surface area contributed by atoms with Gasteiger partial charge < -0.3 is 9.84 Å². The average Bonchev–Trinajstić information content (AvgIpc) is 2.47. The molecule has 0 aliphatic carbocycles. The van der Waals surface area contributed by atoms with E-state index in [0.29, 0.717) is 6.61 Å². The van der Waals surface area contributed by atoms with Crippen molar-refractivity contribution < 1.29 is 14.6 Å². The summed E-state index contributed by atoms with van der Waals surface area (Å²) < 4.78 is 5.31. The Hall–Kier alpha value is -1.61. The van der Waals surface area contributed by atoms with Crippen LogP contribution in [0.5, 0.6) is 0 Å². The summed E-state index contributed by atoms with van der Waals surface area (Å²) in [6.07, 6.45) is 21.8. The number of aliphatic carboxylic acids is 1. The topological polar surface area (TPSA) is 46.5 Å². The Morgan fingerprint density at radius 3 is 1.82 bits per heavy atom. The number of carboxylic acid groups (broad SMARTS) is 1. The number of hydrogen-bond acceptors (Lipinski definition) is 2. The van der Waals surface area contributed by atoms with Gasteiger partial charge in [0.2, 0.25) is 0 Å². The Balaban J connectivity index is 3.60. The predicted octanol–water partition coefficient (Wildman–Crippen LogP) is 5.06. The second-order valence-corrected chi connectivity index (χ2v) is 5.45. The molecule has 1 N–H and O–H groups in total. The van der Waals surface area contributed by atoms with E-state index < -0.39 is 11.6 Å². The van der Waals surface area contributed by atoms with Crippen LogP contribution in [0.4, 0.5) is 0 Å². The molecule has 0 saturated carbocycles. The molecular weight excluding hydrogens is 276 g/mol. The highest BCUT2D eigenvalue weighted by atomic mass is 16.5. The second kappa shape index (κ2) is 13.1. The quantitative estimate of drug-likeness (QED) is 0.405. The molecule has 0 amide bonds. The lowest BCUT2D eigenvalue weighted by molar-refractivity contribution is -0.161. The van der Waals surface area contributed by atoms with Crippen LogP contribution in [-0.2, 0) is 9.53 Å². The summed E-state index contributed by atoms with van der Waals surface area (Å²) in [6.45, 7) is 5.68. The molecule has 0 aromatic rings. The van der Waals surface area contributed by atoms with Gasteiger partial charge in [-0.15, -0.1) is 0 Å². The van der Waals surface area contributed by atoms with Gasteiger partial charge in [-0.3, -0.25) is 0 Å². The minimum absolute atomic E-state index is 0.424. The molecule has 0 spiro atoms. The molecule has 0 bridgehead atoms. The summed E-state index contributed by atoms with van der Waals surface area (Å²) in [5, 5.41) is 8.88. The molecule has 0 aliphatic rings. The van der Waals surface area contributed by atoms with Crippen molar-refractivity contribution in [3.8, 4) is 0 Å². The molecule has 124 valence electrons. The van der Waals surface area contributed by atoms with E-state index in [1.807, 2.05) is 6.08 Å². The van der Waals surface area contributed by atoms with Gasteiger partial charge in [-0.05, 0) is 46.0 Å². The van der Waals surface area contributed by atoms with E-state index in [1.54, 1.807) is 13.8 Å². The zero-order chi connectivity index (χ0) is 16.7. The number of hydrogen-bond donors (Lipinski definition) is 1. The molecule has 0 aromatic heterocycles. The number of rotatable bonds is 12. The smallest absolute Gasteiger partial charge is 0.335 e. The summed E-state index contributed by atoms with van der Waals surface area (Å²) in [7, 11) is 0. The maximum Gasteiger partial charge on any atom is 0.335 e. The van der Waals surface area contributed by atoms with Crippen molar-refractivity contribution in [3.05, 3.63) is 48.6 Å². The fourth-order valence-corrected chi connectivity index (χ4v) is 1.54. The van der Waals surface area contributed by atoms with Crippen LogP contribution in [0.1, 0.15) is 52.9 Å². The van der Waals surface area contributed by atoms with Gasteiger partial charge in [0.25, 0.3) is 0 Å². The molecule has 0 heterocycles. The van der Waals surface area contributed by atoms with Gasteiger partial charge in [-0.2, -0.15) is 0 Å². The molecule has 0 aromatic carbocycles. The van der Waals surface area contributed by atoms with Gasteiger partial charge in [-0.25, -0.2) is 4.79 Å². The van der Waals surface area contributed by atoms with Crippen LogP contribution in [0.15, 0.2) is 48.6 Å². The van der Waals surface area contributed by atoms with Gasteiger partial charge in [0.05, 0.1) is 6.61 Å². The standard InChI is InChI=1S/C19H30O3/c1-4-5-6-7-8-9-10-11-12-13-14-15-16-17-22-19(2,3)18(20)21/h5-6,8-9,11-12,14-15H,4,7,10,13,16-17H2,1-3H3,(H,20,21)/b6-5-,9-8-,12-11-,15-14-. The first-order chi connectivity index (χ1) is 10.5. The first-order valence-corrected chi connectivity index (χ1v) is 7.98. The molecule has 0 atom stereocenters. The lowest BCUT2D eigenvalue weighted by Crippen LogP contribution is -2.34. The van der Waals surface area contributed by atoms with Crippen LogP contribution in [0.25, 0.3) is 0 Å². The van der Waals surface area contributed by atoms with E-state index >= 15 is 0 Å². The summed E-state index contributed by atoms with van der Waals surface area (Å²) in [5.41, 5.74) is -1.10. The summed E-state index contributed by atoms with van der Waals surface area (Å²) in [5.74, 6) is -0.933. The van der Waals surface area contributed by atoms with Gasteiger partial charge in [-0.1, -0.05) is 55.5 Å². The van der Waals surface area contributed by atoms with Crippen LogP contribution < -0.4 is 0 Å². The first-order valence-electron chi connectivity index (χ1n) is 7.98. The van der Waals surface area contributed by atoms with Crippen molar-refractivity contribution in [3.63, 3.8) is 0 Å². The molecule has 0 saturated heterocycles. The van der Waals surface area contributed by atoms with Gasteiger partial charge in [0.1, 0.15) is 0 Å². The van der Waals surface area contributed by atoms with Crippen molar-refractivity contribution in [2.45, 2.75) is 58.5 Å². The van der Waals surface area contributed by atoms with Crippen molar-refractivity contribution in [2.75, 3.05) is 6.61 Å². The van der Waals surface area contributed by atoms with Crippen LogP contribution in [0, 0.1) is 0 Å². The van der Waals surface area contributed by atoms with E-state index in [2.05, 4.69) is 49.5 Å². The van der Waals surface area contributed by atoms with E-state index in [9.17, 15) is 4.79 Å². The Morgan fingerprint density at radius 1 is 0.909 bits per heavy atom. The molecule has 0 aliphatic heterocycles. The van der Waals surface area contributed by atoms with E-state index in [0.717, 1.165) is 32.1 Å². The third-order valence-corrected chi connectivity index (χ3v) is 2.98. The maximum absolute atomic E-state index is 10.8. The van der Waals surface area contributed by atoms with Crippen LogP contribution in [-0.4, -0.2) is 23.3 Å². The van der Waals surface area contributed by atoms with E-state index in [-0.39, 0.29) is 0 Å². The summed E-state index contributed by atoms with van der Waals surface area (Å²) in [6, 6.07) is 0. The lowest BCUT2D eigenvalue weighted by atomic mass is 10.1. The Kier molecular flexibility index (Phi) is 12.1. The number of carbonyl (C=O) groups is 1. The highest BCUT2D eigenvalue weighted by Crippen LogP contribution is 2.09. The monoisotopic (exact) mass is 306 g/mol. The van der Waals surface area contributed by atoms with Crippen LogP contribution >= 0.6 is 0 Å². The number of ether oxygens (including phenoxy) is 1. The first kappa shape index (κ1) is 20.4. The fourth-order valence-electron chi connectivity index (χ4n) is 1.54. The van der Waals surface area contributed by atoms with Gasteiger partial charge in [0, 0.05) is 0 Å². The lowest BCUT2D eigenvalue weighted by Gasteiger charge is -2.19. The van der Waals surface area contributed by atoms with E-state index in [1.165, 1.54) is 0 Å². The molecule has 0 rings (SSSR count). The molecule has 3 heteroatoms. The van der Waals surface area contributed by atoms with E-state index in [4.69, 9.17) is 9.84 Å². The van der Waals surface area contributed by atoms with Crippen LogP contribution in [0.2, 0.25) is 0 Å². The van der Waals surface area contributed by atoms with Gasteiger partial charge >= 0.3 is 5.97 Å². The van der Waals surface area contributed by atoms with Crippen molar-refractivity contribution >= 4 is 5.97 Å². The minimum Gasteiger partial charge on any atom is -0.479 e. The number of carboxylic acids is 1. The molecular formula is C19H30O3. The second-order valence-electron chi connectivity index (χ2n) is 5.45. The normalized spacial score (nSPS) is 13.2. The Morgan fingerprint density at radius 2 is 1.36 bits per heavy atom. The predicted molar refractivity (Wildman–Crippen MR) is 93.0 cm³/mol. The van der Waals surface area contributed by atoms with Crippen LogP contribution in [0.3, 0.4) is 0 Å². The zero-order valence-corrected chi connectivity index (χ0v) is 14.1. The minimum atomic E-state index is -1.10.